The fourth-order valence-corrected chi connectivity index (χ4v) is 1.24. The lowest BCUT2D eigenvalue weighted by Gasteiger charge is -2.12. The average Bonchev–Trinajstić information content (AvgIpc) is 2.27. The molecule has 17 heavy (non-hydrogen) atoms. The second kappa shape index (κ2) is 6.18. The molecule has 0 aliphatic heterocycles. The van der Waals surface area contributed by atoms with Crippen LogP contribution in [-0.4, -0.2) is 18.5 Å². The molecule has 5 heteroatoms. The van der Waals surface area contributed by atoms with E-state index in [4.69, 9.17) is 0 Å². The molecule has 0 spiro atoms. The SMILES string of the molecule is CCC(C)NC(=O)CNc1ccc(F)cc1F. The zero-order valence-electron chi connectivity index (χ0n) is 9.89. The molecular formula is C12H16F2N2O. The van der Waals surface area contributed by atoms with Crippen LogP contribution in [0.5, 0.6) is 0 Å². The zero-order valence-corrected chi connectivity index (χ0v) is 9.89. The van der Waals surface area contributed by atoms with Gasteiger partial charge in [0.05, 0.1) is 12.2 Å². The molecule has 0 radical (unpaired) electrons. The molecule has 1 amide bonds. The first-order valence-electron chi connectivity index (χ1n) is 5.51. The van der Waals surface area contributed by atoms with Crippen molar-refractivity contribution >= 4 is 11.6 Å². The number of amides is 1. The summed E-state index contributed by atoms with van der Waals surface area (Å²) in [4.78, 5) is 11.4. The molecule has 0 aliphatic carbocycles. The van der Waals surface area contributed by atoms with Gasteiger partial charge in [-0.05, 0) is 25.5 Å². The Morgan fingerprint density at radius 1 is 1.41 bits per heavy atom. The minimum Gasteiger partial charge on any atom is -0.374 e. The third-order valence-electron chi connectivity index (χ3n) is 2.39. The molecule has 0 heterocycles. The molecule has 0 fully saturated rings. The number of halogens is 2. The van der Waals surface area contributed by atoms with Crippen molar-refractivity contribution in [2.45, 2.75) is 26.3 Å². The van der Waals surface area contributed by atoms with Gasteiger partial charge in [0.25, 0.3) is 0 Å². The predicted molar refractivity (Wildman–Crippen MR) is 62.7 cm³/mol. The lowest BCUT2D eigenvalue weighted by Crippen LogP contribution is -2.36. The summed E-state index contributed by atoms with van der Waals surface area (Å²) >= 11 is 0. The van der Waals surface area contributed by atoms with Gasteiger partial charge in [-0.15, -0.1) is 0 Å². The number of hydrogen-bond acceptors (Lipinski definition) is 2. The molecule has 1 unspecified atom stereocenters. The van der Waals surface area contributed by atoms with Crippen LogP contribution in [-0.2, 0) is 4.79 Å². The van der Waals surface area contributed by atoms with Gasteiger partial charge in [-0.25, -0.2) is 8.78 Å². The van der Waals surface area contributed by atoms with Crippen LogP contribution in [0.25, 0.3) is 0 Å². The van der Waals surface area contributed by atoms with E-state index in [9.17, 15) is 13.6 Å². The van der Waals surface area contributed by atoms with E-state index in [1.807, 2.05) is 13.8 Å². The summed E-state index contributed by atoms with van der Waals surface area (Å²) in [6.07, 6.45) is 0.830. The van der Waals surface area contributed by atoms with Crippen molar-refractivity contribution in [1.82, 2.24) is 5.32 Å². The molecule has 0 saturated carbocycles. The van der Waals surface area contributed by atoms with Crippen LogP contribution in [0, 0.1) is 11.6 Å². The van der Waals surface area contributed by atoms with E-state index in [0.29, 0.717) is 0 Å². The monoisotopic (exact) mass is 242 g/mol. The lowest BCUT2D eigenvalue weighted by molar-refractivity contribution is -0.120. The van der Waals surface area contributed by atoms with Crippen LogP contribution in [0.1, 0.15) is 20.3 Å². The number of hydrogen-bond donors (Lipinski definition) is 2. The fourth-order valence-electron chi connectivity index (χ4n) is 1.24. The summed E-state index contributed by atoms with van der Waals surface area (Å²) in [6.45, 7) is 3.81. The van der Waals surface area contributed by atoms with Gasteiger partial charge in [0.15, 0.2) is 0 Å². The van der Waals surface area contributed by atoms with Crippen LogP contribution in [0.4, 0.5) is 14.5 Å². The third kappa shape index (κ3) is 4.38. The van der Waals surface area contributed by atoms with Gasteiger partial charge in [-0.3, -0.25) is 4.79 Å². The molecular weight excluding hydrogens is 226 g/mol. The van der Waals surface area contributed by atoms with Crippen LogP contribution in [0.2, 0.25) is 0 Å². The first-order chi connectivity index (χ1) is 8.02. The van der Waals surface area contributed by atoms with Crippen molar-refractivity contribution < 1.29 is 13.6 Å². The first kappa shape index (κ1) is 13.4. The van der Waals surface area contributed by atoms with Gasteiger partial charge in [0.2, 0.25) is 5.91 Å². The van der Waals surface area contributed by atoms with Gasteiger partial charge >= 0.3 is 0 Å². The van der Waals surface area contributed by atoms with Gasteiger partial charge in [-0.2, -0.15) is 0 Å². The topological polar surface area (TPSA) is 41.1 Å². The highest BCUT2D eigenvalue weighted by Crippen LogP contribution is 2.14. The minimum atomic E-state index is -0.707. The Bertz CT molecular complexity index is 396. The Hall–Kier alpha value is -1.65. The predicted octanol–water partition coefficient (Wildman–Crippen LogP) is 2.29. The van der Waals surface area contributed by atoms with E-state index in [2.05, 4.69) is 10.6 Å². The molecule has 1 aromatic rings. The summed E-state index contributed by atoms with van der Waals surface area (Å²) in [6, 6.07) is 3.26. The second-order valence-electron chi connectivity index (χ2n) is 3.85. The zero-order chi connectivity index (χ0) is 12.8. The Morgan fingerprint density at radius 2 is 2.12 bits per heavy atom. The van der Waals surface area contributed by atoms with Crippen molar-refractivity contribution in [3.05, 3.63) is 29.8 Å². The highest BCUT2D eigenvalue weighted by Gasteiger charge is 2.07. The molecule has 0 saturated heterocycles. The van der Waals surface area contributed by atoms with Gasteiger partial charge in [0, 0.05) is 12.1 Å². The molecule has 1 aromatic carbocycles. The maximum atomic E-state index is 13.2. The van der Waals surface area contributed by atoms with Crippen molar-refractivity contribution in [2.24, 2.45) is 0 Å². The van der Waals surface area contributed by atoms with Crippen LogP contribution in [0.15, 0.2) is 18.2 Å². The van der Waals surface area contributed by atoms with Crippen LogP contribution < -0.4 is 10.6 Å². The summed E-state index contributed by atoms with van der Waals surface area (Å²) in [5.74, 6) is -1.57. The van der Waals surface area contributed by atoms with Crippen LogP contribution >= 0.6 is 0 Å². The largest absolute Gasteiger partial charge is 0.374 e. The molecule has 0 aromatic heterocycles. The lowest BCUT2D eigenvalue weighted by atomic mass is 10.2. The third-order valence-corrected chi connectivity index (χ3v) is 2.39. The molecule has 1 rings (SSSR count). The molecule has 2 N–H and O–H groups in total. The smallest absolute Gasteiger partial charge is 0.239 e. The Labute approximate surface area is 99.2 Å². The minimum absolute atomic E-state index is 0.0348. The number of carbonyl (C=O) groups excluding carboxylic acids is 1. The maximum absolute atomic E-state index is 13.2. The van der Waals surface area contributed by atoms with E-state index in [0.717, 1.165) is 18.6 Å². The van der Waals surface area contributed by atoms with Crippen molar-refractivity contribution in [1.29, 1.82) is 0 Å². The van der Waals surface area contributed by atoms with Crippen molar-refractivity contribution in [3.8, 4) is 0 Å². The molecule has 0 aliphatic rings. The Balaban J connectivity index is 2.47. The molecule has 0 bridgehead atoms. The van der Waals surface area contributed by atoms with Crippen molar-refractivity contribution in [2.75, 3.05) is 11.9 Å². The van der Waals surface area contributed by atoms with E-state index in [1.165, 1.54) is 6.07 Å². The number of nitrogens with one attached hydrogen (secondary N) is 2. The van der Waals surface area contributed by atoms with Gasteiger partial charge < -0.3 is 10.6 Å². The van der Waals surface area contributed by atoms with Crippen molar-refractivity contribution in [3.63, 3.8) is 0 Å². The maximum Gasteiger partial charge on any atom is 0.239 e. The summed E-state index contributed by atoms with van der Waals surface area (Å²) in [5, 5.41) is 5.35. The number of carbonyl (C=O) groups is 1. The highest BCUT2D eigenvalue weighted by molar-refractivity contribution is 5.80. The van der Waals surface area contributed by atoms with E-state index < -0.39 is 11.6 Å². The number of rotatable bonds is 5. The second-order valence-corrected chi connectivity index (χ2v) is 3.85. The number of benzene rings is 1. The van der Waals surface area contributed by atoms with E-state index >= 15 is 0 Å². The van der Waals surface area contributed by atoms with Gasteiger partial charge in [0.1, 0.15) is 11.6 Å². The average molecular weight is 242 g/mol. The Morgan fingerprint density at radius 3 is 2.71 bits per heavy atom. The first-order valence-corrected chi connectivity index (χ1v) is 5.51. The number of anilines is 1. The molecule has 94 valence electrons. The quantitative estimate of drug-likeness (QED) is 0.831. The van der Waals surface area contributed by atoms with Gasteiger partial charge in [-0.1, -0.05) is 6.92 Å². The van der Waals surface area contributed by atoms with E-state index in [-0.39, 0.29) is 24.2 Å². The Kier molecular flexibility index (Phi) is 4.87. The van der Waals surface area contributed by atoms with Crippen LogP contribution in [0.3, 0.4) is 0 Å². The normalized spacial score (nSPS) is 12.0. The molecule has 3 nitrogen and oxygen atoms in total. The summed E-state index contributed by atoms with van der Waals surface area (Å²) in [7, 11) is 0. The van der Waals surface area contributed by atoms with E-state index in [1.54, 1.807) is 0 Å². The standard InChI is InChI=1S/C12H16F2N2O/c1-3-8(2)16-12(17)7-15-11-5-4-9(13)6-10(11)14/h4-6,8,15H,3,7H2,1-2H3,(H,16,17). The fraction of sp³-hybridized carbons (Fsp3) is 0.417. The highest BCUT2D eigenvalue weighted by atomic mass is 19.1. The molecule has 1 atom stereocenters. The summed E-state index contributed by atoms with van der Waals surface area (Å²) < 4.78 is 25.8. The summed E-state index contributed by atoms with van der Waals surface area (Å²) in [5.41, 5.74) is 0.116.